The Kier molecular flexibility index (Phi) is 6.10. The molecule has 0 aliphatic carbocycles. The number of hydrogen-bond donors (Lipinski definition) is 1. The lowest BCUT2D eigenvalue weighted by atomic mass is 10.2. The minimum absolute atomic E-state index is 0.151. The molecular weight excluding hydrogens is 396 g/mol. The predicted octanol–water partition coefficient (Wildman–Crippen LogP) is 4.67. The van der Waals surface area contributed by atoms with Crippen LogP contribution < -0.4 is 10.1 Å². The average Bonchev–Trinajstić information content (AvgIpc) is 3.24. The Hall–Kier alpha value is -3.58. The number of rotatable bonds is 7. The highest BCUT2D eigenvalue weighted by atomic mass is 32.2. The van der Waals surface area contributed by atoms with Crippen LogP contribution in [-0.2, 0) is 4.79 Å². The van der Waals surface area contributed by atoms with Crippen molar-refractivity contribution in [3.8, 4) is 22.8 Å². The second-order valence-corrected chi connectivity index (χ2v) is 7.31. The average molecular weight is 417 g/mol. The number of carbonyl (C=O) groups is 1. The van der Waals surface area contributed by atoms with E-state index >= 15 is 0 Å². The molecule has 0 saturated carbocycles. The molecule has 0 bridgehead atoms. The normalized spacial score (nSPS) is 10.6. The van der Waals surface area contributed by atoms with Crippen LogP contribution in [0.25, 0.3) is 17.1 Å². The van der Waals surface area contributed by atoms with Crippen LogP contribution in [0.5, 0.6) is 5.75 Å². The summed E-state index contributed by atoms with van der Waals surface area (Å²) in [7, 11) is 1.57. The maximum atomic E-state index is 12.4. The zero-order valence-corrected chi connectivity index (χ0v) is 17.2. The highest BCUT2D eigenvalue weighted by Crippen LogP contribution is 2.26. The third-order valence-electron chi connectivity index (χ3n) is 4.33. The van der Waals surface area contributed by atoms with Gasteiger partial charge in [0.25, 0.3) is 0 Å². The van der Waals surface area contributed by atoms with Crippen molar-refractivity contribution in [1.82, 2.24) is 14.8 Å². The van der Waals surface area contributed by atoms with Crippen molar-refractivity contribution < 1.29 is 9.53 Å². The molecule has 0 saturated heterocycles. The topological polar surface area (TPSA) is 69.0 Å². The summed E-state index contributed by atoms with van der Waals surface area (Å²) < 4.78 is 7.08. The number of methoxy groups -OCH3 is 1. The largest absolute Gasteiger partial charge is 0.495 e. The third-order valence-corrected chi connectivity index (χ3v) is 5.17. The summed E-state index contributed by atoms with van der Waals surface area (Å²) in [5.41, 5.74) is 2.51. The molecule has 150 valence electrons. The van der Waals surface area contributed by atoms with Crippen LogP contribution in [0.15, 0.2) is 90.1 Å². The molecule has 1 heterocycles. The molecule has 1 aromatic heterocycles. The lowest BCUT2D eigenvalue weighted by Gasteiger charge is -2.08. The quantitative estimate of drug-likeness (QED) is 0.443. The Morgan fingerprint density at radius 3 is 2.37 bits per heavy atom. The van der Waals surface area contributed by atoms with E-state index in [1.165, 1.54) is 11.8 Å². The standard InChI is InChI=1S/C23H20N4O2S/c1-29-20-15-9-8-14-19(20)24-21(28)16-30-23-25-22(17-10-4-2-5-11-17)27(26-23)18-12-6-3-7-13-18/h2-15H,16H2,1H3,(H,24,28). The van der Waals surface area contributed by atoms with Gasteiger partial charge in [0.1, 0.15) is 5.75 Å². The Balaban J connectivity index is 1.53. The van der Waals surface area contributed by atoms with Crippen molar-refractivity contribution in [3.05, 3.63) is 84.9 Å². The number of thioether (sulfide) groups is 1. The van der Waals surface area contributed by atoms with Crippen molar-refractivity contribution in [2.24, 2.45) is 0 Å². The molecular formula is C23H20N4O2S. The molecule has 0 aliphatic rings. The summed E-state index contributed by atoms with van der Waals surface area (Å²) in [5.74, 6) is 1.38. The number of aromatic nitrogens is 3. The zero-order chi connectivity index (χ0) is 20.8. The van der Waals surface area contributed by atoms with Crippen molar-refractivity contribution in [1.29, 1.82) is 0 Å². The van der Waals surface area contributed by atoms with E-state index in [-0.39, 0.29) is 11.7 Å². The molecule has 1 N–H and O–H groups in total. The first kappa shape index (κ1) is 19.7. The highest BCUT2D eigenvalue weighted by molar-refractivity contribution is 7.99. The number of hydrogen-bond acceptors (Lipinski definition) is 5. The summed E-state index contributed by atoms with van der Waals surface area (Å²) in [6, 6.07) is 27.0. The molecule has 0 aliphatic heterocycles. The zero-order valence-electron chi connectivity index (χ0n) is 16.4. The first-order valence-corrected chi connectivity index (χ1v) is 10.4. The van der Waals surface area contributed by atoms with E-state index in [2.05, 4.69) is 15.4 Å². The van der Waals surface area contributed by atoms with Gasteiger partial charge in [-0.05, 0) is 24.3 Å². The molecule has 4 rings (SSSR count). The van der Waals surface area contributed by atoms with Gasteiger partial charge < -0.3 is 10.1 Å². The molecule has 0 unspecified atom stereocenters. The Bertz CT molecular complexity index is 1070. The second-order valence-electron chi connectivity index (χ2n) is 6.37. The Morgan fingerprint density at radius 1 is 0.967 bits per heavy atom. The van der Waals surface area contributed by atoms with Crippen LogP contribution in [0, 0.1) is 0 Å². The summed E-state index contributed by atoms with van der Waals surface area (Å²) in [5, 5.41) is 8.04. The number of para-hydroxylation sites is 3. The van der Waals surface area contributed by atoms with Gasteiger partial charge in [0.15, 0.2) is 5.82 Å². The van der Waals surface area contributed by atoms with E-state index in [1.807, 2.05) is 72.8 Å². The van der Waals surface area contributed by atoms with Crippen LogP contribution in [0.4, 0.5) is 5.69 Å². The van der Waals surface area contributed by atoms with Gasteiger partial charge in [-0.15, -0.1) is 5.10 Å². The number of carbonyl (C=O) groups excluding carboxylic acids is 1. The van der Waals surface area contributed by atoms with Gasteiger partial charge in [-0.3, -0.25) is 4.79 Å². The van der Waals surface area contributed by atoms with Crippen LogP contribution in [0.2, 0.25) is 0 Å². The van der Waals surface area contributed by atoms with E-state index < -0.39 is 0 Å². The molecule has 0 atom stereocenters. The number of amides is 1. The molecule has 4 aromatic rings. The molecule has 6 nitrogen and oxygen atoms in total. The van der Waals surface area contributed by atoms with Gasteiger partial charge in [0.2, 0.25) is 11.1 Å². The number of anilines is 1. The van der Waals surface area contributed by atoms with E-state index in [4.69, 9.17) is 4.74 Å². The summed E-state index contributed by atoms with van der Waals surface area (Å²) in [6.07, 6.45) is 0. The Morgan fingerprint density at radius 2 is 1.63 bits per heavy atom. The van der Waals surface area contributed by atoms with E-state index in [0.29, 0.717) is 16.6 Å². The first-order valence-electron chi connectivity index (χ1n) is 9.38. The SMILES string of the molecule is COc1ccccc1NC(=O)CSc1nc(-c2ccccc2)n(-c2ccccc2)n1. The monoisotopic (exact) mass is 416 g/mol. The van der Waals surface area contributed by atoms with Gasteiger partial charge in [-0.2, -0.15) is 0 Å². The van der Waals surface area contributed by atoms with Gasteiger partial charge in [0.05, 0.1) is 24.2 Å². The fraction of sp³-hybridized carbons (Fsp3) is 0.0870. The molecule has 7 heteroatoms. The van der Waals surface area contributed by atoms with Crippen LogP contribution in [-0.4, -0.2) is 33.5 Å². The fourth-order valence-electron chi connectivity index (χ4n) is 2.94. The van der Waals surface area contributed by atoms with Crippen LogP contribution >= 0.6 is 11.8 Å². The van der Waals surface area contributed by atoms with E-state index in [1.54, 1.807) is 23.9 Å². The smallest absolute Gasteiger partial charge is 0.234 e. The minimum Gasteiger partial charge on any atom is -0.495 e. The number of ether oxygens (including phenoxy) is 1. The van der Waals surface area contributed by atoms with Crippen LogP contribution in [0.1, 0.15) is 0 Å². The van der Waals surface area contributed by atoms with Gasteiger partial charge in [-0.1, -0.05) is 72.4 Å². The number of nitrogens with one attached hydrogen (secondary N) is 1. The molecule has 30 heavy (non-hydrogen) atoms. The molecule has 0 fully saturated rings. The lowest BCUT2D eigenvalue weighted by molar-refractivity contribution is -0.113. The van der Waals surface area contributed by atoms with Crippen molar-refractivity contribution in [3.63, 3.8) is 0 Å². The van der Waals surface area contributed by atoms with Crippen LogP contribution in [0.3, 0.4) is 0 Å². The fourth-order valence-corrected chi connectivity index (χ4v) is 3.56. The highest BCUT2D eigenvalue weighted by Gasteiger charge is 2.15. The lowest BCUT2D eigenvalue weighted by Crippen LogP contribution is -2.14. The van der Waals surface area contributed by atoms with Crippen molar-refractivity contribution in [2.75, 3.05) is 18.2 Å². The summed E-state index contributed by atoms with van der Waals surface area (Å²) in [4.78, 5) is 17.1. The summed E-state index contributed by atoms with van der Waals surface area (Å²) >= 11 is 1.29. The minimum atomic E-state index is -0.151. The van der Waals surface area contributed by atoms with Crippen molar-refractivity contribution >= 4 is 23.4 Å². The number of benzene rings is 3. The second kappa shape index (κ2) is 9.28. The maximum absolute atomic E-state index is 12.4. The summed E-state index contributed by atoms with van der Waals surface area (Å²) in [6.45, 7) is 0. The molecule has 0 radical (unpaired) electrons. The Labute approximate surface area is 178 Å². The van der Waals surface area contributed by atoms with Crippen molar-refractivity contribution in [2.45, 2.75) is 5.16 Å². The van der Waals surface area contributed by atoms with Gasteiger partial charge in [0, 0.05) is 5.56 Å². The molecule has 1 amide bonds. The van der Waals surface area contributed by atoms with E-state index in [9.17, 15) is 4.79 Å². The van der Waals surface area contributed by atoms with Gasteiger partial charge in [-0.25, -0.2) is 9.67 Å². The molecule has 3 aromatic carbocycles. The third kappa shape index (κ3) is 4.52. The predicted molar refractivity (Wildman–Crippen MR) is 119 cm³/mol. The number of nitrogens with zero attached hydrogens (tertiary/aromatic N) is 3. The van der Waals surface area contributed by atoms with E-state index in [0.717, 1.165) is 17.1 Å². The maximum Gasteiger partial charge on any atom is 0.234 e. The molecule has 0 spiro atoms. The first-order chi connectivity index (χ1) is 14.7. The van der Waals surface area contributed by atoms with Gasteiger partial charge >= 0.3 is 0 Å².